The first-order valence-electron chi connectivity index (χ1n) is 30.9. The van der Waals surface area contributed by atoms with E-state index in [-0.39, 0.29) is 128 Å². The quantitative estimate of drug-likeness (QED) is 0.125. The third kappa shape index (κ3) is 10.8. The van der Waals surface area contributed by atoms with Crippen LogP contribution < -0.4 is 15.2 Å². The second-order valence-electron chi connectivity index (χ2n) is 24.9. The predicted molar refractivity (Wildman–Crippen MR) is 325 cm³/mol. The Morgan fingerprint density at radius 2 is 0.854 bits per heavy atom. The molecule has 0 aromatic heterocycles. The SMILES string of the molecule is NC1(C(=O)N2CCN(C(=O)c3ccc(-c4cccc(OC5CC5)c4)cc3)CC2)COC1(c1ccccc1-c1ccc(C(=O)N2CCN(C(=O)C3(O)COC3)CC2)cc1)C1OCC1(O)C(=O)N1CCN(C(=O)c2ccc(-c3cccc(OC4CC4)c3)cc2)CC1. The molecule has 460 valence electrons. The number of aliphatic hydroxyl groups is 2. The molecule has 0 radical (unpaired) electrons. The molecule has 6 heterocycles. The summed E-state index contributed by atoms with van der Waals surface area (Å²) in [7, 11) is 0. The highest BCUT2D eigenvalue weighted by Gasteiger charge is 2.77. The molecule has 14 rings (SSSR count). The van der Waals surface area contributed by atoms with Crippen molar-refractivity contribution in [2.75, 3.05) is 105 Å². The Bertz CT molecular complexity index is 3720. The molecular weight excluding hydrogens is 1130 g/mol. The summed E-state index contributed by atoms with van der Waals surface area (Å²) in [6.45, 7) is 1.50. The number of amides is 6. The van der Waals surface area contributed by atoms with Crippen LogP contribution in [0.2, 0.25) is 0 Å². The van der Waals surface area contributed by atoms with Crippen molar-refractivity contribution in [3.05, 3.63) is 168 Å². The molecule has 20 nitrogen and oxygen atoms in total. The largest absolute Gasteiger partial charge is 0.490 e. The molecule has 2 aliphatic carbocycles. The van der Waals surface area contributed by atoms with Gasteiger partial charge in [0, 0.05) is 95.2 Å². The van der Waals surface area contributed by atoms with E-state index in [1.165, 1.54) is 4.90 Å². The summed E-state index contributed by atoms with van der Waals surface area (Å²) in [5.41, 5.74) is 6.63. The number of hydrogen-bond acceptors (Lipinski definition) is 14. The minimum atomic E-state index is -2.25. The molecule has 89 heavy (non-hydrogen) atoms. The second-order valence-corrected chi connectivity index (χ2v) is 24.9. The first-order valence-corrected chi connectivity index (χ1v) is 30.9. The molecule has 6 saturated heterocycles. The van der Waals surface area contributed by atoms with E-state index in [1.807, 2.05) is 84.9 Å². The number of hydrogen-bond donors (Lipinski definition) is 3. The molecule has 0 spiro atoms. The lowest BCUT2D eigenvalue weighted by molar-refractivity contribution is -0.353. The number of carbonyl (C=O) groups excluding carboxylic acids is 6. The van der Waals surface area contributed by atoms with Crippen LogP contribution in [0.3, 0.4) is 0 Å². The molecule has 2 saturated carbocycles. The summed E-state index contributed by atoms with van der Waals surface area (Å²) in [6.07, 6.45) is 3.26. The number of ether oxygens (including phenoxy) is 5. The number of rotatable bonds is 15. The average Bonchev–Trinajstić information content (AvgIpc) is 1.68. The molecule has 4 atom stereocenters. The number of carbonyl (C=O) groups is 6. The van der Waals surface area contributed by atoms with Crippen LogP contribution in [0.4, 0.5) is 0 Å². The Balaban J connectivity index is 0.692. The second kappa shape index (κ2) is 23.1. The van der Waals surface area contributed by atoms with E-state index in [4.69, 9.17) is 29.4 Å². The summed E-state index contributed by atoms with van der Waals surface area (Å²) in [5.74, 6) is -0.562. The highest BCUT2D eigenvalue weighted by Crippen LogP contribution is 2.57. The van der Waals surface area contributed by atoms with E-state index in [2.05, 4.69) is 0 Å². The summed E-state index contributed by atoms with van der Waals surface area (Å²) in [4.78, 5) is 95.2. The van der Waals surface area contributed by atoms with Crippen LogP contribution in [-0.2, 0) is 34.2 Å². The standard InChI is InChI=1S/C69H71N7O13/c70-68(65(82)76-37-31-73(32-38-76)60(78)49-19-13-46(14-20-49)52-6-4-8-56(40-52)89-54-25-26-54)44-87-69(68,58-10-2-1-9-57(58)47-15-21-50(22-16-47)61(79)71-27-33-74(34-28-71)63(80)66(83)41-85-42-66)62-67(84,43-86-62)64(81)75-35-29-72(30-36-75)59(77)48-17-11-45(12-18-48)51-5-3-7-55(39-51)88-53-23-24-53/h1-22,39-40,53-54,62,83-84H,23-38,41-44,70H2. The van der Waals surface area contributed by atoms with Gasteiger partial charge in [-0.1, -0.05) is 84.9 Å². The van der Waals surface area contributed by atoms with Crippen LogP contribution in [0, 0.1) is 0 Å². The summed E-state index contributed by atoms with van der Waals surface area (Å²) >= 11 is 0. The lowest BCUT2D eigenvalue weighted by Gasteiger charge is -2.65. The molecule has 6 aliphatic heterocycles. The molecule has 0 bridgehead atoms. The molecule has 4 unspecified atom stereocenters. The summed E-state index contributed by atoms with van der Waals surface area (Å²) < 4.78 is 30.2. The van der Waals surface area contributed by atoms with E-state index < -0.39 is 52.8 Å². The predicted octanol–water partition coefficient (Wildman–Crippen LogP) is 4.84. The maximum absolute atomic E-state index is 15.5. The Morgan fingerprint density at radius 1 is 0.438 bits per heavy atom. The fourth-order valence-corrected chi connectivity index (χ4v) is 13.2. The van der Waals surface area contributed by atoms with E-state index in [1.54, 1.807) is 85.2 Å². The first kappa shape index (κ1) is 58.2. The van der Waals surface area contributed by atoms with E-state index in [0.29, 0.717) is 33.4 Å². The summed E-state index contributed by atoms with van der Waals surface area (Å²) in [6, 6.07) is 44.8. The summed E-state index contributed by atoms with van der Waals surface area (Å²) in [5, 5.41) is 23.5. The molecule has 20 heteroatoms. The van der Waals surface area contributed by atoms with Gasteiger partial charge in [-0.2, -0.15) is 0 Å². The number of piperazine rings is 3. The molecule has 6 amide bonds. The van der Waals surface area contributed by atoms with Gasteiger partial charge in [-0.25, -0.2) is 0 Å². The van der Waals surface area contributed by atoms with Crippen molar-refractivity contribution in [2.24, 2.45) is 5.73 Å². The van der Waals surface area contributed by atoms with Crippen molar-refractivity contribution in [3.8, 4) is 44.9 Å². The van der Waals surface area contributed by atoms with Crippen LogP contribution in [0.1, 0.15) is 62.3 Å². The third-order valence-corrected chi connectivity index (χ3v) is 18.9. The molecule has 6 aromatic rings. The monoisotopic (exact) mass is 1210 g/mol. The van der Waals surface area contributed by atoms with Gasteiger partial charge in [0.1, 0.15) is 17.6 Å². The lowest BCUT2D eigenvalue weighted by Crippen LogP contribution is -2.88. The molecule has 4 N–H and O–H groups in total. The fraction of sp³-hybridized carbons (Fsp3) is 0.391. The van der Waals surface area contributed by atoms with Crippen molar-refractivity contribution >= 4 is 35.4 Å². The van der Waals surface area contributed by atoms with Gasteiger partial charge in [0.2, 0.25) is 5.91 Å². The zero-order chi connectivity index (χ0) is 61.2. The van der Waals surface area contributed by atoms with Gasteiger partial charge in [-0.05, 0) is 125 Å². The van der Waals surface area contributed by atoms with Gasteiger partial charge < -0.3 is 69.0 Å². The van der Waals surface area contributed by atoms with Crippen molar-refractivity contribution in [1.82, 2.24) is 29.4 Å². The fourth-order valence-electron chi connectivity index (χ4n) is 13.2. The maximum atomic E-state index is 15.5. The zero-order valence-corrected chi connectivity index (χ0v) is 49.4. The number of nitrogens with two attached hydrogens (primary N) is 1. The van der Waals surface area contributed by atoms with Gasteiger partial charge in [0.25, 0.3) is 29.5 Å². The Labute approximate surface area is 515 Å². The zero-order valence-electron chi connectivity index (χ0n) is 49.4. The van der Waals surface area contributed by atoms with Crippen molar-refractivity contribution in [3.63, 3.8) is 0 Å². The maximum Gasteiger partial charge on any atom is 0.259 e. The molecule has 6 aromatic carbocycles. The highest BCUT2D eigenvalue weighted by atomic mass is 16.6. The minimum Gasteiger partial charge on any atom is -0.490 e. The third-order valence-electron chi connectivity index (χ3n) is 18.9. The highest BCUT2D eigenvalue weighted by molar-refractivity contribution is 5.98. The first-order chi connectivity index (χ1) is 43.1. The van der Waals surface area contributed by atoms with Gasteiger partial charge >= 0.3 is 0 Å². The average molecular weight is 1210 g/mol. The normalized spacial score (nSPS) is 24.8. The molecular formula is C69H71N7O13. The Hall–Kier alpha value is -8.50. The Kier molecular flexibility index (Phi) is 15.1. The number of benzene rings is 6. The van der Waals surface area contributed by atoms with E-state index >= 15 is 9.59 Å². The van der Waals surface area contributed by atoms with Gasteiger partial charge in [-0.3, -0.25) is 28.8 Å². The van der Waals surface area contributed by atoms with Gasteiger partial charge in [0.05, 0.1) is 38.6 Å². The minimum absolute atomic E-state index is 0.0536. The lowest BCUT2D eigenvalue weighted by atomic mass is 9.60. The van der Waals surface area contributed by atoms with Gasteiger partial charge in [0.15, 0.2) is 22.3 Å². The van der Waals surface area contributed by atoms with Gasteiger partial charge in [-0.15, -0.1) is 0 Å². The van der Waals surface area contributed by atoms with Crippen LogP contribution in [0.25, 0.3) is 33.4 Å². The van der Waals surface area contributed by atoms with E-state index in [9.17, 15) is 29.4 Å². The van der Waals surface area contributed by atoms with Crippen molar-refractivity contribution in [1.29, 1.82) is 0 Å². The van der Waals surface area contributed by atoms with Crippen molar-refractivity contribution < 1.29 is 62.7 Å². The van der Waals surface area contributed by atoms with E-state index in [0.717, 1.165) is 59.4 Å². The topological polar surface area (TPSA) is 234 Å². The van der Waals surface area contributed by atoms with Crippen LogP contribution >= 0.6 is 0 Å². The molecule has 8 fully saturated rings. The van der Waals surface area contributed by atoms with Crippen LogP contribution in [0.5, 0.6) is 11.5 Å². The van der Waals surface area contributed by atoms with Crippen molar-refractivity contribution in [2.45, 2.75) is 66.3 Å². The van der Waals surface area contributed by atoms with Crippen LogP contribution in [-0.4, -0.2) is 215 Å². The molecule has 8 aliphatic rings. The number of nitrogens with zero attached hydrogens (tertiary/aromatic N) is 6. The smallest absolute Gasteiger partial charge is 0.259 e. The van der Waals surface area contributed by atoms with Crippen LogP contribution in [0.15, 0.2) is 146 Å². The Morgan fingerprint density at radius 3 is 1.25 bits per heavy atom.